The fraction of sp³-hybridized carbons (Fsp3) is 0.647. The molecule has 4 saturated heterocycles. The van der Waals surface area contributed by atoms with Gasteiger partial charge in [-0.1, -0.05) is 27.7 Å². The molecule has 2 aromatic heterocycles. The van der Waals surface area contributed by atoms with Gasteiger partial charge in [-0.15, -0.1) is 20.4 Å². The maximum absolute atomic E-state index is 14.7. The zero-order chi connectivity index (χ0) is 68.0. The summed E-state index contributed by atoms with van der Waals surface area (Å²) in [6.07, 6.45) is 6.89. The average molecular weight is 1310 g/mol. The summed E-state index contributed by atoms with van der Waals surface area (Å²) in [6.45, 7) is 30.0. The number of anilines is 2. The van der Waals surface area contributed by atoms with E-state index in [0.717, 1.165) is 39.0 Å². The van der Waals surface area contributed by atoms with Gasteiger partial charge < -0.3 is 57.8 Å². The molecule has 4 aliphatic heterocycles. The zero-order valence-corrected chi connectivity index (χ0v) is 57.6. The number of likely N-dealkylation sites (N-methyl/N-ethyl adjacent to an activating group) is 2. The highest BCUT2D eigenvalue weighted by atomic mass is 19.1. The lowest BCUT2D eigenvalue weighted by Gasteiger charge is -2.53. The van der Waals surface area contributed by atoms with Crippen LogP contribution in [0.1, 0.15) is 116 Å². The molecule has 0 unspecified atom stereocenters. The highest BCUT2D eigenvalue weighted by Crippen LogP contribution is 2.47. The number of esters is 2. The third-order valence-corrected chi connectivity index (χ3v) is 18.8. The number of amides is 2. The zero-order valence-electron chi connectivity index (χ0n) is 57.6. The van der Waals surface area contributed by atoms with Crippen molar-refractivity contribution in [3.8, 4) is 23.3 Å². The van der Waals surface area contributed by atoms with Gasteiger partial charge in [0.05, 0.1) is 24.3 Å². The Labute approximate surface area is 553 Å². The molecule has 0 saturated carbocycles. The number of nitrogens with zero attached hydrogens (tertiary/aromatic N) is 14. The van der Waals surface area contributed by atoms with Crippen LogP contribution in [0.25, 0.3) is 0 Å². The summed E-state index contributed by atoms with van der Waals surface area (Å²) in [5.41, 5.74) is 0.0423. The molecule has 2 spiro atoms. The highest BCUT2D eigenvalue weighted by Gasteiger charge is 2.52. The van der Waals surface area contributed by atoms with Crippen LogP contribution in [-0.4, -0.2) is 253 Å². The summed E-state index contributed by atoms with van der Waals surface area (Å²) in [4.78, 5) is 81.0. The van der Waals surface area contributed by atoms with Gasteiger partial charge in [0.2, 0.25) is 0 Å². The van der Waals surface area contributed by atoms with Gasteiger partial charge in [0, 0.05) is 166 Å². The Hall–Kier alpha value is -7.10. The molecule has 4 atom stereocenters. The van der Waals surface area contributed by atoms with Gasteiger partial charge in [0.1, 0.15) is 48.0 Å². The molecule has 94 heavy (non-hydrogen) atoms. The van der Waals surface area contributed by atoms with E-state index in [2.05, 4.69) is 87.5 Å². The van der Waals surface area contributed by atoms with Crippen LogP contribution >= 0.6 is 0 Å². The van der Waals surface area contributed by atoms with Crippen molar-refractivity contribution in [2.24, 2.45) is 22.7 Å². The summed E-state index contributed by atoms with van der Waals surface area (Å²) in [5, 5.41) is 16.6. The first-order valence-electron chi connectivity index (χ1n) is 33.2. The molecule has 2 aromatic carbocycles. The lowest BCUT2D eigenvalue weighted by Crippen LogP contribution is -2.62. The predicted octanol–water partition coefficient (Wildman–Crippen LogP) is 7.75. The van der Waals surface area contributed by atoms with Crippen LogP contribution in [0, 0.1) is 34.3 Å². The van der Waals surface area contributed by atoms with Gasteiger partial charge in [0.15, 0.2) is 11.6 Å². The number of benzene rings is 2. The first kappa shape index (κ1) is 72.7. The first-order chi connectivity index (χ1) is 44.9. The largest absolute Gasteiger partial charge is 0.458 e. The summed E-state index contributed by atoms with van der Waals surface area (Å²) in [5.74, 6) is -1.17. The Morgan fingerprint density at radius 1 is 0.585 bits per heavy atom. The Morgan fingerprint density at radius 2 is 0.968 bits per heavy atom. The first-order valence-corrected chi connectivity index (χ1v) is 33.2. The predicted molar refractivity (Wildman–Crippen MR) is 352 cm³/mol. The Kier molecular flexibility index (Phi) is 25.6. The minimum Gasteiger partial charge on any atom is -0.458 e. The number of likely N-dealkylation sites (tertiary alicyclic amines) is 2. The third-order valence-electron chi connectivity index (χ3n) is 18.8. The fourth-order valence-corrected chi connectivity index (χ4v) is 13.9. The van der Waals surface area contributed by atoms with Gasteiger partial charge in [0.25, 0.3) is 23.6 Å². The van der Waals surface area contributed by atoms with Gasteiger partial charge in [-0.3, -0.25) is 19.4 Å². The van der Waals surface area contributed by atoms with E-state index in [4.69, 9.17) is 28.4 Å². The van der Waals surface area contributed by atoms with E-state index in [1.165, 1.54) is 61.2 Å². The molecule has 0 bridgehead atoms. The van der Waals surface area contributed by atoms with Gasteiger partial charge in [-0.25, -0.2) is 28.3 Å². The normalized spacial score (nSPS) is 17.6. The number of hydrogen-bond acceptors (Lipinski definition) is 22. The number of halogens is 2. The maximum atomic E-state index is 14.7. The minimum absolute atomic E-state index is 0.0513. The lowest BCUT2D eigenvalue weighted by atomic mass is 9.76. The summed E-state index contributed by atoms with van der Waals surface area (Å²) >= 11 is 0. The van der Waals surface area contributed by atoms with Crippen molar-refractivity contribution in [3.63, 3.8) is 0 Å². The molecule has 4 fully saturated rings. The maximum Gasteiger partial charge on any atom is 0.331 e. The van der Waals surface area contributed by atoms with Crippen LogP contribution < -0.4 is 19.3 Å². The Balaban J connectivity index is 0.888. The Bertz CT molecular complexity index is 3000. The van der Waals surface area contributed by atoms with Crippen molar-refractivity contribution in [1.29, 1.82) is 0 Å². The molecule has 24 nitrogen and oxygen atoms in total. The van der Waals surface area contributed by atoms with Crippen LogP contribution in [0.15, 0.2) is 61.2 Å². The van der Waals surface area contributed by atoms with Crippen LogP contribution in [0.4, 0.5) is 20.4 Å². The van der Waals surface area contributed by atoms with E-state index in [1.54, 1.807) is 24.0 Å². The van der Waals surface area contributed by atoms with E-state index in [9.17, 15) is 28.0 Å². The van der Waals surface area contributed by atoms with Crippen molar-refractivity contribution >= 4 is 35.4 Å². The number of methoxy groups -OCH3 is 2. The van der Waals surface area contributed by atoms with Gasteiger partial charge in [-0.2, -0.15) is 0 Å². The third kappa shape index (κ3) is 18.5. The number of carbonyl (C=O) groups is 4. The highest BCUT2D eigenvalue weighted by molar-refractivity contribution is 5.98. The molecule has 4 aliphatic rings. The molecule has 0 radical (unpaired) electrons. The number of aromatic nitrogens is 6. The molecule has 26 heteroatoms. The smallest absolute Gasteiger partial charge is 0.331 e. The summed E-state index contributed by atoms with van der Waals surface area (Å²) < 4.78 is 65.2. The summed E-state index contributed by atoms with van der Waals surface area (Å²) in [6, 6.07) is 7.62. The number of hydrogen-bond donors (Lipinski definition) is 0. The van der Waals surface area contributed by atoms with E-state index in [-0.39, 0.29) is 93.0 Å². The Morgan fingerprint density at radius 3 is 1.31 bits per heavy atom. The number of carbonyl (C=O) groups excluding carboxylic acids is 4. The molecule has 516 valence electrons. The molecular weight excluding hydrogens is 1210 g/mol. The van der Waals surface area contributed by atoms with Gasteiger partial charge in [-0.05, 0) is 117 Å². The van der Waals surface area contributed by atoms with Crippen molar-refractivity contribution in [2.75, 3.05) is 143 Å². The van der Waals surface area contributed by atoms with Crippen LogP contribution in [-0.2, 0) is 28.5 Å². The molecule has 0 aliphatic carbocycles. The monoisotopic (exact) mass is 1310 g/mol. The summed E-state index contributed by atoms with van der Waals surface area (Å²) in [7, 11) is 7.24. The number of ether oxygens (including phenoxy) is 6. The van der Waals surface area contributed by atoms with Crippen molar-refractivity contribution in [1.82, 2.24) is 59.8 Å². The fourth-order valence-electron chi connectivity index (χ4n) is 13.9. The van der Waals surface area contributed by atoms with Crippen LogP contribution in [0.5, 0.6) is 23.3 Å². The number of rotatable bonds is 34. The second-order valence-electron chi connectivity index (χ2n) is 27.2. The standard InChI is InChI=1S/C68H100F2N14O10/c1-15-83(47(7)8)65(87)53-31-49(69)17-19-57(53)93-63-61(71-43-73-75-63)79-25-23-67(37-79)39-81(40-67)55(45(3)4)33-51(35-77(11)27-29-89-13)91-59(85)21-22-60(86)92-52(36-78(12)28-30-90-14)34-56(46(5)6)82-41-68(42-82)24-26-80(38-68)62-64(76-74-44-72-62)94-58-20-18-50(70)32-54(58)66(88)84(16-2)48(9)10/h17-22,31-32,43-48,51-52,55-56H,15-16,23-30,33-42H2,1-14H3/b22-21+/t51-,52-,55-,56-/m1/s1. The quantitative estimate of drug-likeness (QED) is 0.0322. The van der Waals surface area contributed by atoms with Crippen LogP contribution in [0.3, 0.4) is 0 Å². The van der Waals surface area contributed by atoms with E-state index < -0.39 is 35.8 Å². The second kappa shape index (κ2) is 33.0. The van der Waals surface area contributed by atoms with Crippen molar-refractivity contribution in [2.45, 2.75) is 131 Å². The topological polar surface area (TPSA) is 227 Å². The van der Waals surface area contributed by atoms with E-state index >= 15 is 0 Å². The van der Waals surface area contributed by atoms with Gasteiger partial charge >= 0.3 is 11.9 Å². The second-order valence-corrected chi connectivity index (χ2v) is 27.2. The average Bonchev–Trinajstić information content (AvgIpc) is 1.55. The molecule has 8 rings (SSSR count). The van der Waals surface area contributed by atoms with E-state index in [0.29, 0.717) is 103 Å². The molecular formula is C68H100F2N14O10. The van der Waals surface area contributed by atoms with Crippen molar-refractivity contribution in [3.05, 3.63) is 84.0 Å². The molecule has 0 N–H and O–H groups in total. The minimum atomic E-state index is -0.644. The molecule has 2 amide bonds. The SMILES string of the molecule is CCN(C(=O)c1cc(F)ccc1Oc1nncnc1N1CCC2(C1)CN([C@H](C[C@H](CN(C)CCOC)OC(=O)/C=C/C(=O)O[C@H](C[C@H](C(C)C)N1CC3(CCN(c4ncnnc4Oc4ccc(F)cc4C(=O)N(CC)C(C)C)C3)C1)CN(C)CCOC)C(C)C)C2)C(C)C. The molecule has 6 heterocycles. The molecule has 4 aromatic rings. The van der Waals surface area contributed by atoms with Crippen molar-refractivity contribution < 1.29 is 56.4 Å². The lowest BCUT2D eigenvalue weighted by molar-refractivity contribution is -0.149. The van der Waals surface area contributed by atoms with Crippen LogP contribution in [0.2, 0.25) is 0 Å². The van der Waals surface area contributed by atoms with E-state index in [1.807, 2.05) is 55.6 Å².